The summed E-state index contributed by atoms with van der Waals surface area (Å²) < 4.78 is 8.76. The van der Waals surface area contributed by atoms with Gasteiger partial charge in [-0.3, -0.25) is 14.4 Å². The number of rotatable bonds is 6. The van der Waals surface area contributed by atoms with Crippen molar-refractivity contribution in [2.75, 3.05) is 26.8 Å². The fourth-order valence-electron chi connectivity index (χ4n) is 3.22. The van der Waals surface area contributed by atoms with E-state index in [1.165, 1.54) is 0 Å². The predicted octanol–water partition coefficient (Wildman–Crippen LogP) is 0.0156. The van der Waals surface area contributed by atoms with Gasteiger partial charge in [0.25, 0.3) is 0 Å². The molecule has 24 heavy (non-hydrogen) atoms. The maximum atomic E-state index is 12.6. The number of aromatic nitrogens is 4. The molecule has 0 radical (unpaired) electrons. The van der Waals surface area contributed by atoms with Crippen molar-refractivity contribution in [2.45, 2.75) is 19.0 Å². The van der Waals surface area contributed by atoms with E-state index in [1.807, 2.05) is 31.1 Å². The van der Waals surface area contributed by atoms with E-state index in [2.05, 4.69) is 20.3 Å². The smallest absolute Gasteiger partial charge is 0.230 e. The predicted molar refractivity (Wildman–Crippen MR) is 88.2 cm³/mol. The minimum Gasteiger partial charge on any atom is -0.383 e. The summed E-state index contributed by atoms with van der Waals surface area (Å²) in [6, 6.07) is 0. The highest BCUT2D eigenvalue weighted by Crippen LogP contribution is 2.28. The molecule has 1 N–H and O–H groups in total. The molecular weight excluding hydrogens is 308 g/mol. The third-order valence-electron chi connectivity index (χ3n) is 4.29. The number of ether oxygens (including phenoxy) is 1. The van der Waals surface area contributed by atoms with Gasteiger partial charge in [0.1, 0.15) is 0 Å². The Morgan fingerprint density at radius 2 is 2.29 bits per heavy atom. The molecule has 0 aliphatic carbocycles. The first kappa shape index (κ1) is 16.7. The van der Waals surface area contributed by atoms with E-state index in [4.69, 9.17) is 4.74 Å². The van der Waals surface area contributed by atoms with Crippen LogP contribution in [-0.4, -0.2) is 56.9 Å². The Morgan fingerprint density at radius 3 is 3.00 bits per heavy atom. The van der Waals surface area contributed by atoms with Gasteiger partial charge in [-0.2, -0.15) is 5.10 Å². The van der Waals surface area contributed by atoms with Crippen molar-refractivity contribution in [1.82, 2.24) is 29.5 Å². The maximum Gasteiger partial charge on any atom is 0.230 e. The fourth-order valence-corrected chi connectivity index (χ4v) is 3.22. The zero-order valence-electron chi connectivity index (χ0n) is 14.4. The summed E-state index contributed by atoms with van der Waals surface area (Å²) >= 11 is 0. The molecule has 0 saturated heterocycles. The van der Waals surface area contributed by atoms with Crippen LogP contribution in [-0.2, 0) is 36.7 Å². The summed E-state index contributed by atoms with van der Waals surface area (Å²) in [6.45, 7) is 3.19. The topological polar surface area (TPSA) is 77.2 Å². The van der Waals surface area contributed by atoms with E-state index in [1.54, 1.807) is 18.1 Å². The van der Waals surface area contributed by atoms with Gasteiger partial charge in [0.2, 0.25) is 5.91 Å². The molecule has 3 rings (SSSR count). The molecule has 1 aliphatic heterocycles. The summed E-state index contributed by atoms with van der Waals surface area (Å²) in [5.74, 6) is -0.206. The second-order valence-corrected chi connectivity index (χ2v) is 6.22. The van der Waals surface area contributed by atoms with Crippen molar-refractivity contribution >= 4 is 5.91 Å². The highest BCUT2D eigenvalue weighted by Gasteiger charge is 2.33. The molecule has 1 unspecified atom stereocenters. The number of aryl methyl sites for hydroxylation is 2. The zero-order chi connectivity index (χ0) is 17.1. The molecule has 2 aromatic rings. The standard InChI is InChI=1S/C16H24N6O2/c1-20-11-18-14-10-22(8-12-6-19-21(2)7-12)9-13(15(14)20)16(23)17-4-5-24-3/h6-7,11,13H,4-5,8-10H2,1-3H3,(H,17,23). The first-order valence-electron chi connectivity index (χ1n) is 8.05. The fraction of sp³-hybridized carbons (Fsp3) is 0.562. The second-order valence-electron chi connectivity index (χ2n) is 6.22. The van der Waals surface area contributed by atoms with Gasteiger partial charge in [-0.1, -0.05) is 0 Å². The molecule has 0 saturated carbocycles. The molecule has 0 fully saturated rings. The molecule has 1 aliphatic rings. The summed E-state index contributed by atoms with van der Waals surface area (Å²) in [4.78, 5) is 19.4. The lowest BCUT2D eigenvalue weighted by Crippen LogP contribution is -2.42. The van der Waals surface area contributed by atoms with Crippen LogP contribution in [0.1, 0.15) is 22.9 Å². The maximum absolute atomic E-state index is 12.6. The Morgan fingerprint density at radius 1 is 1.46 bits per heavy atom. The van der Waals surface area contributed by atoms with Crippen LogP contribution in [0.2, 0.25) is 0 Å². The number of hydrogen-bond acceptors (Lipinski definition) is 5. The van der Waals surface area contributed by atoms with Crippen molar-refractivity contribution in [3.63, 3.8) is 0 Å². The van der Waals surface area contributed by atoms with Crippen LogP contribution in [0.5, 0.6) is 0 Å². The van der Waals surface area contributed by atoms with Gasteiger partial charge < -0.3 is 14.6 Å². The number of carbonyl (C=O) groups is 1. The molecule has 8 nitrogen and oxygen atoms in total. The Kier molecular flexibility index (Phi) is 4.96. The van der Waals surface area contributed by atoms with E-state index < -0.39 is 0 Å². The Balaban J connectivity index is 1.76. The normalized spacial score (nSPS) is 17.7. The highest BCUT2D eigenvalue weighted by atomic mass is 16.5. The van der Waals surface area contributed by atoms with Gasteiger partial charge in [0.05, 0.1) is 36.4 Å². The van der Waals surface area contributed by atoms with Crippen molar-refractivity contribution in [3.05, 3.63) is 35.7 Å². The molecule has 3 heterocycles. The molecule has 8 heteroatoms. The van der Waals surface area contributed by atoms with E-state index in [0.29, 0.717) is 19.7 Å². The zero-order valence-corrected chi connectivity index (χ0v) is 14.4. The SMILES string of the molecule is COCCNC(=O)C1CN(Cc2cnn(C)c2)Cc2ncn(C)c21. The van der Waals surface area contributed by atoms with E-state index >= 15 is 0 Å². The molecular formula is C16H24N6O2. The number of nitrogens with one attached hydrogen (secondary N) is 1. The lowest BCUT2D eigenvalue weighted by Gasteiger charge is -2.32. The van der Waals surface area contributed by atoms with Gasteiger partial charge in [0.15, 0.2) is 0 Å². The third-order valence-corrected chi connectivity index (χ3v) is 4.29. The molecule has 0 aromatic carbocycles. The quantitative estimate of drug-likeness (QED) is 0.755. The minimum absolute atomic E-state index is 0.0211. The van der Waals surface area contributed by atoms with Crippen LogP contribution in [0, 0.1) is 0 Å². The van der Waals surface area contributed by atoms with Crippen LogP contribution in [0.3, 0.4) is 0 Å². The number of carbonyl (C=O) groups excluding carboxylic acids is 1. The van der Waals surface area contributed by atoms with Gasteiger partial charge in [-0.15, -0.1) is 0 Å². The summed E-state index contributed by atoms with van der Waals surface area (Å²) in [7, 11) is 5.47. The second kappa shape index (κ2) is 7.14. The Bertz CT molecular complexity index is 707. The molecule has 130 valence electrons. The lowest BCUT2D eigenvalue weighted by molar-refractivity contribution is -0.123. The van der Waals surface area contributed by atoms with Crippen LogP contribution in [0.25, 0.3) is 0 Å². The minimum atomic E-state index is -0.227. The Hall–Kier alpha value is -2.19. The number of imidazole rings is 1. The van der Waals surface area contributed by atoms with Crippen LogP contribution >= 0.6 is 0 Å². The number of nitrogens with zero attached hydrogens (tertiary/aromatic N) is 5. The number of amides is 1. The van der Waals surface area contributed by atoms with Gasteiger partial charge in [-0.25, -0.2) is 4.98 Å². The Labute approximate surface area is 141 Å². The van der Waals surface area contributed by atoms with E-state index in [9.17, 15) is 4.79 Å². The van der Waals surface area contributed by atoms with Crippen molar-refractivity contribution < 1.29 is 9.53 Å². The van der Waals surface area contributed by atoms with Gasteiger partial charge in [0, 0.05) is 59.1 Å². The molecule has 0 bridgehead atoms. The number of hydrogen-bond donors (Lipinski definition) is 1. The number of methoxy groups -OCH3 is 1. The molecule has 2 aromatic heterocycles. The first-order valence-corrected chi connectivity index (χ1v) is 8.05. The summed E-state index contributed by atoms with van der Waals surface area (Å²) in [5, 5.41) is 7.16. The van der Waals surface area contributed by atoms with Crippen molar-refractivity contribution in [2.24, 2.45) is 14.1 Å². The summed E-state index contributed by atoms with van der Waals surface area (Å²) in [6.07, 6.45) is 5.65. The third kappa shape index (κ3) is 3.49. The largest absolute Gasteiger partial charge is 0.383 e. The van der Waals surface area contributed by atoms with Gasteiger partial charge in [-0.05, 0) is 0 Å². The van der Waals surface area contributed by atoms with E-state index in [-0.39, 0.29) is 11.8 Å². The molecule has 0 spiro atoms. The van der Waals surface area contributed by atoms with Crippen molar-refractivity contribution in [3.8, 4) is 0 Å². The monoisotopic (exact) mass is 332 g/mol. The molecule has 1 atom stereocenters. The van der Waals surface area contributed by atoms with Crippen molar-refractivity contribution in [1.29, 1.82) is 0 Å². The lowest BCUT2D eigenvalue weighted by atomic mass is 9.97. The van der Waals surface area contributed by atoms with Crippen LogP contribution < -0.4 is 5.32 Å². The number of fused-ring (bicyclic) bond motifs is 1. The average Bonchev–Trinajstić information content (AvgIpc) is 3.13. The first-order chi connectivity index (χ1) is 11.6. The molecule has 1 amide bonds. The van der Waals surface area contributed by atoms with E-state index in [0.717, 1.165) is 30.0 Å². The van der Waals surface area contributed by atoms with Gasteiger partial charge >= 0.3 is 0 Å². The highest BCUT2D eigenvalue weighted by molar-refractivity contribution is 5.84. The van der Waals surface area contributed by atoms with Crippen LogP contribution in [0.4, 0.5) is 0 Å². The average molecular weight is 332 g/mol. The summed E-state index contributed by atoms with van der Waals surface area (Å²) in [5.41, 5.74) is 3.11. The van der Waals surface area contributed by atoms with Crippen LogP contribution in [0.15, 0.2) is 18.7 Å².